The average molecular weight is 401 g/mol. The number of thioether (sulfide) groups is 1. The summed E-state index contributed by atoms with van der Waals surface area (Å²) >= 11 is 7.96. The number of hydrogen-bond acceptors (Lipinski definition) is 6. The van der Waals surface area contributed by atoms with E-state index in [2.05, 4.69) is 19.2 Å². The Hall–Kier alpha value is -2.03. The van der Waals surface area contributed by atoms with Crippen molar-refractivity contribution in [3.63, 3.8) is 0 Å². The fourth-order valence-electron chi connectivity index (χ4n) is 2.72. The summed E-state index contributed by atoms with van der Waals surface area (Å²) in [7, 11) is 0. The first-order valence-corrected chi connectivity index (χ1v) is 10.2. The van der Waals surface area contributed by atoms with E-state index >= 15 is 0 Å². The van der Waals surface area contributed by atoms with Crippen LogP contribution in [0, 0.1) is 5.92 Å². The number of imidazole rings is 1. The van der Waals surface area contributed by atoms with Gasteiger partial charge in [-0.3, -0.25) is 4.79 Å². The Labute approximate surface area is 164 Å². The van der Waals surface area contributed by atoms with Gasteiger partial charge in [0.05, 0.1) is 16.3 Å². The molecule has 132 valence electrons. The molecule has 1 saturated heterocycles. The lowest BCUT2D eigenvalue weighted by Crippen LogP contribution is -2.17. The fraction of sp³-hybridized carbons (Fsp3) is 0.222. The van der Waals surface area contributed by atoms with E-state index in [1.165, 1.54) is 11.8 Å². The third-order valence-corrected chi connectivity index (χ3v) is 5.91. The van der Waals surface area contributed by atoms with Crippen LogP contribution < -0.4 is 5.32 Å². The summed E-state index contributed by atoms with van der Waals surface area (Å²) in [5, 5.41) is 8.44. The van der Waals surface area contributed by atoms with E-state index in [9.17, 15) is 4.79 Å². The maximum absolute atomic E-state index is 12.1. The van der Waals surface area contributed by atoms with Crippen molar-refractivity contribution < 1.29 is 4.79 Å². The molecular weight excluding hydrogens is 384 g/mol. The first-order chi connectivity index (χ1) is 12.5. The van der Waals surface area contributed by atoms with Crippen molar-refractivity contribution in [1.29, 1.82) is 0 Å². The summed E-state index contributed by atoms with van der Waals surface area (Å²) < 4.78 is 2.31. The van der Waals surface area contributed by atoms with Crippen molar-refractivity contribution in [1.82, 2.24) is 19.9 Å². The number of hydrogen-bond donors (Lipinski definition) is 1. The van der Waals surface area contributed by atoms with Gasteiger partial charge in [-0.1, -0.05) is 79.5 Å². The zero-order chi connectivity index (χ0) is 18.3. The molecule has 0 radical (unpaired) electrons. The van der Waals surface area contributed by atoms with Crippen LogP contribution in [-0.4, -0.2) is 24.8 Å². The minimum Gasteiger partial charge on any atom is -0.307 e. The van der Waals surface area contributed by atoms with Crippen LogP contribution in [0.25, 0.3) is 22.3 Å². The van der Waals surface area contributed by atoms with Gasteiger partial charge in [0.15, 0.2) is 0 Å². The highest BCUT2D eigenvalue weighted by atomic mass is 32.2. The predicted octanol–water partition coefficient (Wildman–Crippen LogP) is 4.15. The standard InChI is InChI=1S/C18H16N4OS3/c1-10(2)8-14-21-22-12(9-13-16(23)20-18(24)25-13)15(19-17(22)26-14)11-6-4-3-5-7-11/h3-7,9-10H,8H2,1-2H3,(H,20,23,24)/b13-9-. The molecule has 0 bridgehead atoms. The zero-order valence-corrected chi connectivity index (χ0v) is 16.7. The number of carbonyl (C=O) groups excluding carboxylic acids is 1. The monoisotopic (exact) mass is 400 g/mol. The van der Waals surface area contributed by atoms with Gasteiger partial charge in [0.2, 0.25) is 4.96 Å². The van der Waals surface area contributed by atoms with E-state index < -0.39 is 0 Å². The molecule has 1 aliphatic rings. The van der Waals surface area contributed by atoms with Gasteiger partial charge in [-0.2, -0.15) is 5.10 Å². The summed E-state index contributed by atoms with van der Waals surface area (Å²) in [6.45, 7) is 4.34. The molecule has 1 fully saturated rings. The Bertz CT molecular complexity index is 1030. The Morgan fingerprint density at radius 3 is 2.73 bits per heavy atom. The van der Waals surface area contributed by atoms with Gasteiger partial charge in [-0.25, -0.2) is 9.50 Å². The molecule has 1 aliphatic heterocycles. The van der Waals surface area contributed by atoms with E-state index in [0.29, 0.717) is 15.1 Å². The number of fused-ring (bicyclic) bond motifs is 1. The predicted molar refractivity (Wildman–Crippen MR) is 111 cm³/mol. The van der Waals surface area contributed by atoms with Crippen LogP contribution in [0.2, 0.25) is 0 Å². The molecule has 3 heterocycles. The first kappa shape index (κ1) is 17.4. The Balaban J connectivity index is 1.88. The van der Waals surface area contributed by atoms with Gasteiger partial charge in [0, 0.05) is 12.0 Å². The SMILES string of the molecule is CC(C)Cc1nn2c(/C=C3\SC(=S)NC3=O)c(-c3ccccc3)nc2s1. The molecule has 1 amide bonds. The molecule has 8 heteroatoms. The van der Waals surface area contributed by atoms with E-state index in [0.717, 1.165) is 33.3 Å². The van der Waals surface area contributed by atoms with Gasteiger partial charge in [-0.05, 0) is 12.0 Å². The van der Waals surface area contributed by atoms with Crippen LogP contribution in [-0.2, 0) is 11.2 Å². The van der Waals surface area contributed by atoms with Crippen LogP contribution in [0.4, 0.5) is 0 Å². The number of rotatable bonds is 4. The van der Waals surface area contributed by atoms with Crippen molar-refractivity contribution in [3.8, 4) is 11.3 Å². The number of aromatic nitrogens is 3. The number of carbonyl (C=O) groups is 1. The second-order valence-corrected chi connectivity index (χ2v) is 9.11. The minimum atomic E-state index is -0.174. The normalized spacial score (nSPS) is 16.2. The highest BCUT2D eigenvalue weighted by Gasteiger charge is 2.25. The Morgan fingerprint density at radius 2 is 2.08 bits per heavy atom. The number of amides is 1. The van der Waals surface area contributed by atoms with E-state index in [4.69, 9.17) is 22.3 Å². The molecule has 0 atom stereocenters. The average Bonchev–Trinajstić information content (AvgIpc) is 3.22. The third-order valence-electron chi connectivity index (χ3n) is 3.82. The van der Waals surface area contributed by atoms with Gasteiger partial charge in [0.25, 0.3) is 5.91 Å². The van der Waals surface area contributed by atoms with Crippen molar-refractivity contribution in [2.75, 3.05) is 0 Å². The summed E-state index contributed by atoms with van der Waals surface area (Å²) in [4.78, 5) is 18.3. The third kappa shape index (κ3) is 3.32. The van der Waals surface area contributed by atoms with Crippen molar-refractivity contribution in [2.24, 2.45) is 5.92 Å². The van der Waals surface area contributed by atoms with Crippen LogP contribution in [0.3, 0.4) is 0 Å². The van der Waals surface area contributed by atoms with Crippen LogP contribution >= 0.6 is 35.3 Å². The second-order valence-electron chi connectivity index (χ2n) is 6.35. The van der Waals surface area contributed by atoms with Gasteiger partial charge >= 0.3 is 0 Å². The molecule has 0 saturated carbocycles. The number of nitrogens with one attached hydrogen (secondary N) is 1. The summed E-state index contributed by atoms with van der Waals surface area (Å²) in [6.07, 6.45) is 2.74. The maximum Gasteiger partial charge on any atom is 0.263 e. The molecule has 26 heavy (non-hydrogen) atoms. The van der Waals surface area contributed by atoms with E-state index in [1.54, 1.807) is 11.3 Å². The van der Waals surface area contributed by atoms with Gasteiger partial charge < -0.3 is 5.32 Å². The first-order valence-electron chi connectivity index (χ1n) is 8.20. The van der Waals surface area contributed by atoms with Crippen LogP contribution in [0.5, 0.6) is 0 Å². The number of thiocarbonyl (C=S) groups is 1. The smallest absolute Gasteiger partial charge is 0.263 e. The molecule has 5 nitrogen and oxygen atoms in total. The Morgan fingerprint density at radius 1 is 1.31 bits per heavy atom. The van der Waals surface area contributed by atoms with Crippen molar-refractivity contribution in [2.45, 2.75) is 20.3 Å². The van der Waals surface area contributed by atoms with Crippen LogP contribution in [0.15, 0.2) is 35.2 Å². The molecule has 2 aromatic heterocycles. The molecular formula is C18H16N4OS3. The molecule has 0 aliphatic carbocycles. The summed E-state index contributed by atoms with van der Waals surface area (Å²) in [6, 6.07) is 9.94. The molecule has 4 rings (SSSR count). The Kier molecular flexibility index (Phi) is 4.64. The largest absolute Gasteiger partial charge is 0.307 e. The van der Waals surface area contributed by atoms with Crippen molar-refractivity contribution in [3.05, 3.63) is 45.9 Å². The molecule has 1 aromatic carbocycles. The van der Waals surface area contributed by atoms with E-state index in [-0.39, 0.29) is 5.91 Å². The topological polar surface area (TPSA) is 59.3 Å². The quantitative estimate of drug-likeness (QED) is 0.527. The highest BCUT2D eigenvalue weighted by Crippen LogP contribution is 2.32. The molecule has 0 unspecified atom stereocenters. The molecule has 0 spiro atoms. The minimum absolute atomic E-state index is 0.174. The van der Waals surface area contributed by atoms with Gasteiger partial charge in [0.1, 0.15) is 9.33 Å². The maximum atomic E-state index is 12.1. The van der Waals surface area contributed by atoms with Crippen molar-refractivity contribution >= 4 is 56.6 Å². The van der Waals surface area contributed by atoms with E-state index in [1.807, 2.05) is 40.9 Å². The summed E-state index contributed by atoms with van der Waals surface area (Å²) in [5.41, 5.74) is 2.62. The van der Waals surface area contributed by atoms with Gasteiger partial charge in [-0.15, -0.1) is 0 Å². The lowest BCUT2D eigenvalue weighted by Gasteiger charge is -2.01. The summed E-state index contributed by atoms with van der Waals surface area (Å²) in [5.74, 6) is 0.349. The number of benzene rings is 1. The lowest BCUT2D eigenvalue weighted by molar-refractivity contribution is -0.115. The highest BCUT2D eigenvalue weighted by molar-refractivity contribution is 8.26. The second kappa shape index (κ2) is 6.94. The zero-order valence-electron chi connectivity index (χ0n) is 14.2. The fourth-order valence-corrected chi connectivity index (χ4v) is 4.85. The van der Waals surface area contributed by atoms with Crippen LogP contribution in [0.1, 0.15) is 24.5 Å². The molecule has 1 N–H and O–H groups in total. The lowest BCUT2D eigenvalue weighted by atomic mass is 10.1. The number of nitrogens with zero attached hydrogens (tertiary/aromatic N) is 3. The molecule has 3 aromatic rings.